The summed E-state index contributed by atoms with van der Waals surface area (Å²) in [5, 5.41) is 9.33. The average molecular weight is 232 g/mol. The smallest absolute Gasteiger partial charge is 0.307 e. The van der Waals surface area contributed by atoms with Gasteiger partial charge in [0.25, 0.3) is 0 Å². The summed E-state index contributed by atoms with van der Waals surface area (Å²) in [6.07, 6.45) is 1.72. The molecule has 2 heteroatoms. The minimum Gasteiger partial charge on any atom is -0.481 e. The molecule has 1 fully saturated rings. The Kier molecular flexibility index (Phi) is 2.76. The molecule has 0 saturated heterocycles. The zero-order valence-electron chi connectivity index (χ0n) is 10.7. The van der Waals surface area contributed by atoms with Crippen LogP contribution in [0, 0.1) is 11.3 Å². The maximum absolute atomic E-state index is 11.3. The SMILES string of the molecule is CC1(c2ccccc2)CCC(C(=O)O)C1(C)C. The maximum Gasteiger partial charge on any atom is 0.307 e. The van der Waals surface area contributed by atoms with E-state index in [1.54, 1.807) is 0 Å². The van der Waals surface area contributed by atoms with Crippen LogP contribution in [0.15, 0.2) is 30.3 Å². The van der Waals surface area contributed by atoms with Gasteiger partial charge in [-0.25, -0.2) is 0 Å². The molecular formula is C15H20O2. The van der Waals surface area contributed by atoms with Gasteiger partial charge < -0.3 is 5.11 Å². The van der Waals surface area contributed by atoms with E-state index in [1.165, 1.54) is 5.56 Å². The van der Waals surface area contributed by atoms with E-state index < -0.39 is 5.97 Å². The molecule has 1 aliphatic carbocycles. The molecule has 17 heavy (non-hydrogen) atoms. The Hall–Kier alpha value is -1.31. The fourth-order valence-electron chi connectivity index (χ4n) is 3.26. The van der Waals surface area contributed by atoms with E-state index in [-0.39, 0.29) is 16.7 Å². The largest absolute Gasteiger partial charge is 0.481 e. The first-order valence-corrected chi connectivity index (χ1v) is 6.18. The second-order valence-electron chi connectivity index (χ2n) is 5.85. The van der Waals surface area contributed by atoms with Crippen LogP contribution in [0.1, 0.15) is 39.2 Å². The van der Waals surface area contributed by atoms with Crippen molar-refractivity contribution in [3.05, 3.63) is 35.9 Å². The Morgan fingerprint density at radius 1 is 1.24 bits per heavy atom. The lowest BCUT2D eigenvalue weighted by molar-refractivity contribution is -0.145. The molecule has 0 radical (unpaired) electrons. The lowest BCUT2D eigenvalue weighted by atomic mass is 9.62. The highest BCUT2D eigenvalue weighted by Gasteiger charge is 2.54. The molecule has 1 aliphatic rings. The average Bonchev–Trinajstić information content (AvgIpc) is 2.52. The molecule has 0 bridgehead atoms. The molecular weight excluding hydrogens is 212 g/mol. The van der Waals surface area contributed by atoms with E-state index in [0.717, 1.165) is 12.8 Å². The molecule has 1 aromatic rings. The minimum absolute atomic E-state index is 0.0443. The van der Waals surface area contributed by atoms with E-state index >= 15 is 0 Å². The van der Waals surface area contributed by atoms with Crippen molar-refractivity contribution in [2.45, 2.75) is 39.0 Å². The van der Waals surface area contributed by atoms with Gasteiger partial charge in [-0.3, -0.25) is 4.79 Å². The van der Waals surface area contributed by atoms with Gasteiger partial charge >= 0.3 is 5.97 Å². The number of hydrogen-bond donors (Lipinski definition) is 1. The van der Waals surface area contributed by atoms with Crippen molar-refractivity contribution in [2.75, 3.05) is 0 Å². The molecule has 1 saturated carbocycles. The van der Waals surface area contributed by atoms with E-state index in [9.17, 15) is 9.90 Å². The molecule has 0 aliphatic heterocycles. The molecule has 0 aromatic heterocycles. The Morgan fingerprint density at radius 2 is 1.82 bits per heavy atom. The standard InChI is InChI=1S/C15H20O2/c1-14(2)12(13(16)17)9-10-15(14,3)11-7-5-4-6-8-11/h4-8,12H,9-10H2,1-3H3,(H,16,17). The molecule has 1 aromatic carbocycles. The fourth-order valence-corrected chi connectivity index (χ4v) is 3.26. The van der Waals surface area contributed by atoms with Crippen molar-refractivity contribution in [1.82, 2.24) is 0 Å². The highest BCUT2D eigenvalue weighted by Crippen LogP contribution is 2.56. The number of hydrogen-bond acceptors (Lipinski definition) is 1. The second-order valence-corrected chi connectivity index (χ2v) is 5.85. The second kappa shape index (κ2) is 3.86. The van der Waals surface area contributed by atoms with Crippen LogP contribution in [-0.2, 0) is 10.2 Å². The molecule has 0 amide bonds. The van der Waals surface area contributed by atoms with Crippen molar-refractivity contribution < 1.29 is 9.90 Å². The molecule has 0 heterocycles. The van der Waals surface area contributed by atoms with Gasteiger partial charge in [-0.15, -0.1) is 0 Å². The quantitative estimate of drug-likeness (QED) is 0.847. The molecule has 2 nitrogen and oxygen atoms in total. The fraction of sp³-hybridized carbons (Fsp3) is 0.533. The first kappa shape index (κ1) is 12.2. The van der Waals surface area contributed by atoms with E-state index in [0.29, 0.717) is 0 Å². The minimum atomic E-state index is -0.658. The number of aliphatic carboxylic acids is 1. The van der Waals surface area contributed by atoms with Crippen LogP contribution in [0.2, 0.25) is 0 Å². The molecule has 2 atom stereocenters. The summed E-state index contributed by atoms with van der Waals surface area (Å²) in [6, 6.07) is 10.3. The van der Waals surface area contributed by atoms with Crippen LogP contribution in [0.5, 0.6) is 0 Å². The van der Waals surface area contributed by atoms with Crippen molar-refractivity contribution >= 4 is 5.97 Å². The Balaban J connectivity index is 2.44. The third kappa shape index (κ3) is 1.67. The summed E-state index contributed by atoms with van der Waals surface area (Å²) >= 11 is 0. The summed E-state index contributed by atoms with van der Waals surface area (Å²) < 4.78 is 0. The summed E-state index contributed by atoms with van der Waals surface area (Å²) in [7, 11) is 0. The number of rotatable bonds is 2. The van der Waals surface area contributed by atoms with E-state index in [2.05, 4.69) is 32.9 Å². The van der Waals surface area contributed by atoms with Crippen molar-refractivity contribution in [3.8, 4) is 0 Å². The van der Waals surface area contributed by atoms with Gasteiger partial charge in [0.1, 0.15) is 0 Å². The van der Waals surface area contributed by atoms with Crippen LogP contribution in [0.4, 0.5) is 0 Å². The Bertz CT molecular complexity index is 422. The zero-order chi connectivity index (χ0) is 12.7. The molecule has 2 rings (SSSR count). The first-order chi connectivity index (χ1) is 7.89. The molecule has 1 N–H and O–H groups in total. The van der Waals surface area contributed by atoms with Crippen LogP contribution in [0.3, 0.4) is 0 Å². The van der Waals surface area contributed by atoms with Crippen LogP contribution in [-0.4, -0.2) is 11.1 Å². The lowest BCUT2D eigenvalue weighted by Gasteiger charge is -2.41. The van der Waals surface area contributed by atoms with Gasteiger partial charge in [-0.1, -0.05) is 51.1 Å². The van der Waals surface area contributed by atoms with Gasteiger partial charge in [0, 0.05) is 0 Å². The number of carboxylic acids is 1. The van der Waals surface area contributed by atoms with Gasteiger partial charge in [-0.05, 0) is 29.2 Å². The van der Waals surface area contributed by atoms with Crippen molar-refractivity contribution in [2.24, 2.45) is 11.3 Å². The van der Waals surface area contributed by atoms with Crippen LogP contribution in [0.25, 0.3) is 0 Å². The first-order valence-electron chi connectivity index (χ1n) is 6.18. The van der Waals surface area contributed by atoms with Crippen LogP contribution < -0.4 is 0 Å². The topological polar surface area (TPSA) is 37.3 Å². The van der Waals surface area contributed by atoms with E-state index in [1.807, 2.05) is 18.2 Å². The molecule has 92 valence electrons. The zero-order valence-corrected chi connectivity index (χ0v) is 10.7. The van der Waals surface area contributed by atoms with Gasteiger partial charge in [0.2, 0.25) is 0 Å². The number of carbonyl (C=O) groups is 1. The number of benzene rings is 1. The number of carboxylic acid groups (broad SMARTS) is 1. The summed E-state index contributed by atoms with van der Waals surface area (Å²) in [6.45, 7) is 6.38. The summed E-state index contributed by atoms with van der Waals surface area (Å²) in [5.41, 5.74) is 1.01. The summed E-state index contributed by atoms with van der Waals surface area (Å²) in [4.78, 5) is 11.3. The predicted molar refractivity (Wildman–Crippen MR) is 67.9 cm³/mol. The normalized spacial score (nSPS) is 31.4. The van der Waals surface area contributed by atoms with Gasteiger partial charge in [0.15, 0.2) is 0 Å². The monoisotopic (exact) mass is 232 g/mol. The van der Waals surface area contributed by atoms with Crippen molar-refractivity contribution in [1.29, 1.82) is 0 Å². The van der Waals surface area contributed by atoms with Gasteiger partial charge in [-0.2, -0.15) is 0 Å². The van der Waals surface area contributed by atoms with Crippen molar-refractivity contribution in [3.63, 3.8) is 0 Å². The highest BCUT2D eigenvalue weighted by molar-refractivity contribution is 5.72. The predicted octanol–water partition coefficient (Wildman–Crippen LogP) is 3.47. The van der Waals surface area contributed by atoms with Crippen LogP contribution >= 0.6 is 0 Å². The Morgan fingerprint density at radius 3 is 2.29 bits per heavy atom. The third-order valence-electron chi connectivity index (χ3n) is 4.94. The Labute approximate surface area is 103 Å². The third-order valence-corrected chi connectivity index (χ3v) is 4.94. The molecule has 2 unspecified atom stereocenters. The van der Waals surface area contributed by atoms with Gasteiger partial charge in [0.05, 0.1) is 5.92 Å². The molecule has 0 spiro atoms. The highest BCUT2D eigenvalue weighted by atomic mass is 16.4. The maximum atomic E-state index is 11.3. The summed E-state index contributed by atoms with van der Waals surface area (Å²) in [5.74, 6) is -0.901. The van der Waals surface area contributed by atoms with E-state index in [4.69, 9.17) is 0 Å². The lowest BCUT2D eigenvalue weighted by Crippen LogP contribution is -2.40.